The van der Waals surface area contributed by atoms with Gasteiger partial charge in [-0.15, -0.1) is 0 Å². The fourth-order valence-electron chi connectivity index (χ4n) is 3.33. The zero-order valence-electron chi connectivity index (χ0n) is 15.0. The molecular weight excluding hydrogens is 383 g/mol. The first-order valence-corrected chi connectivity index (χ1v) is 10.3. The number of hydrogen-bond acceptors (Lipinski definition) is 5. The van der Waals surface area contributed by atoms with Crippen LogP contribution in [0.5, 0.6) is 0 Å². The zero-order chi connectivity index (χ0) is 19.7. The van der Waals surface area contributed by atoms with Crippen LogP contribution < -0.4 is 5.56 Å². The van der Waals surface area contributed by atoms with Crippen molar-refractivity contribution in [3.8, 4) is 0 Å². The number of aromatic amines is 1. The van der Waals surface area contributed by atoms with Crippen molar-refractivity contribution in [2.24, 2.45) is 0 Å². The Morgan fingerprint density at radius 2 is 1.79 bits per heavy atom. The number of rotatable bonds is 4. The van der Waals surface area contributed by atoms with Gasteiger partial charge in [0.2, 0.25) is 10.0 Å². The number of aromatic nitrogens is 2. The highest BCUT2D eigenvalue weighted by Gasteiger charge is 2.29. The zero-order valence-corrected chi connectivity index (χ0v) is 15.8. The van der Waals surface area contributed by atoms with Crippen LogP contribution in [0.2, 0.25) is 0 Å². The van der Waals surface area contributed by atoms with Gasteiger partial charge in [0, 0.05) is 26.2 Å². The highest BCUT2D eigenvalue weighted by Crippen LogP contribution is 2.19. The summed E-state index contributed by atoms with van der Waals surface area (Å²) in [6.07, 6.45) is 0. The fraction of sp³-hybridized carbons (Fsp3) is 0.263. The van der Waals surface area contributed by atoms with Crippen molar-refractivity contribution in [3.05, 3.63) is 70.5 Å². The normalized spacial score (nSPS) is 16.5. The van der Waals surface area contributed by atoms with Crippen molar-refractivity contribution < 1.29 is 12.8 Å². The van der Waals surface area contributed by atoms with E-state index in [1.54, 1.807) is 18.2 Å². The molecule has 0 unspecified atom stereocenters. The second kappa shape index (κ2) is 7.42. The molecule has 0 spiro atoms. The molecule has 7 nitrogen and oxygen atoms in total. The summed E-state index contributed by atoms with van der Waals surface area (Å²) >= 11 is 0. The highest BCUT2D eigenvalue weighted by molar-refractivity contribution is 7.89. The van der Waals surface area contributed by atoms with Gasteiger partial charge in [-0.2, -0.15) is 4.31 Å². The molecule has 1 aliphatic rings. The molecule has 0 radical (unpaired) electrons. The first-order valence-electron chi connectivity index (χ1n) is 8.89. The molecule has 0 saturated carbocycles. The van der Waals surface area contributed by atoms with E-state index in [1.807, 2.05) is 11.0 Å². The molecule has 146 valence electrons. The third kappa shape index (κ3) is 3.68. The van der Waals surface area contributed by atoms with Crippen LogP contribution >= 0.6 is 0 Å². The standard InChI is InChI=1S/C19H19FN4O3S/c20-14-4-3-5-15(12-14)28(26,27)24-10-8-23(9-11-24)13-18-21-17-7-2-1-6-16(17)19(25)22-18/h1-7,12H,8-11,13H2,(H,21,22,25). The molecule has 1 N–H and O–H groups in total. The number of halogens is 1. The number of nitrogens with one attached hydrogen (secondary N) is 1. The number of para-hydroxylation sites is 1. The number of fused-ring (bicyclic) bond motifs is 1. The van der Waals surface area contributed by atoms with E-state index in [2.05, 4.69) is 9.97 Å². The van der Waals surface area contributed by atoms with E-state index in [4.69, 9.17) is 0 Å². The van der Waals surface area contributed by atoms with Crippen LogP contribution in [-0.4, -0.2) is 53.8 Å². The molecule has 1 fully saturated rings. The molecule has 0 amide bonds. The monoisotopic (exact) mass is 402 g/mol. The number of nitrogens with zero attached hydrogens (tertiary/aromatic N) is 3. The minimum absolute atomic E-state index is 0.0403. The lowest BCUT2D eigenvalue weighted by Crippen LogP contribution is -2.48. The van der Waals surface area contributed by atoms with Crippen LogP contribution in [0.4, 0.5) is 4.39 Å². The van der Waals surface area contributed by atoms with E-state index in [0.29, 0.717) is 36.4 Å². The van der Waals surface area contributed by atoms with Crippen molar-refractivity contribution in [1.82, 2.24) is 19.2 Å². The average Bonchev–Trinajstić information content (AvgIpc) is 2.68. The summed E-state index contributed by atoms with van der Waals surface area (Å²) in [6.45, 7) is 1.98. The Hall–Kier alpha value is -2.62. The minimum Gasteiger partial charge on any atom is -0.309 e. The van der Waals surface area contributed by atoms with Gasteiger partial charge >= 0.3 is 0 Å². The predicted molar refractivity (Wildman–Crippen MR) is 103 cm³/mol. The van der Waals surface area contributed by atoms with Crippen LogP contribution in [0.3, 0.4) is 0 Å². The lowest BCUT2D eigenvalue weighted by Gasteiger charge is -2.33. The van der Waals surface area contributed by atoms with Crippen molar-refractivity contribution in [3.63, 3.8) is 0 Å². The number of hydrogen-bond donors (Lipinski definition) is 1. The Balaban J connectivity index is 1.45. The van der Waals surface area contributed by atoms with E-state index in [0.717, 1.165) is 6.07 Å². The summed E-state index contributed by atoms with van der Waals surface area (Å²) in [5.41, 5.74) is 0.446. The summed E-state index contributed by atoms with van der Waals surface area (Å²) < 4.78 is 40.1. The quantitative estimate of drug-likeness (QED) is 0.716. The Labute approximate surface area is 161 Å². The van der Waals surface area contributed by atoms with Crippen LogP contribution in [0, 0.1) is 5.82 Å². The summed E-state index contributed by atoms with van der Waals surface area (Å²) in [5, 5.41) is 0.539. The summed E-state index contributed by atoms with van der Waals surface area (Å²) in [7, 11) is -3.72. The van der Waals surface area contributed by atoms with Crippen molar-refractivity contribution in [2.45, 2.75) is 11.4 Å². The maximum Gasteiger partial charge on any atom is 0.258 e. The molecule has 28 heavy (non-hydrogen) atoms. The molecular formula is C19H19FN4O3S. The van der Waals surface area contributed by atoms with E-state index < -0.39 is 15.8 Å². The Morgan fingerprint density at radius 1 is 1.04 bits per heavy atom. The van der Waals surface area contributed by atoms with Crippen LogP contribution in [-0.2, 0) is 16.6 Å². The largest absolute Gasteiger partial charge is 0.309 e. The molecule has 4 rings (SSSR count). The van der Waals surface area contributed by atoms with Gasteiger partial charge in [0.05, 0.1) is 22.3 Å². The second-order valence-corrected chi connectivity index (χ2v) is 8.61. The molecule has 0 atom stereocenters. The molecule has 1 aliphatic heterocycles. The van der Waals surface area contributed by atoms with Gasteiger partial charge in [0.15, 0.2) is 0 Å². The first kappa shape index (κ1) is 18.7. The predicted octanol–water partition coefficient (Wildman–Crippen LogP) is 1.57. The SMILES string of the molecule is O=c1[nH]c(CN2CCN(S(=O)(=O)c3cccc(F)c3)CC2)nc2ccccc12. The lowest BCUT2D eigenvalue weighted by molar-refractivity contribution is 0.178. The molecule has 2 heterocycles. The van der Waals surface area contributed by atoms with E-state index in [-0.39, 0.29) is 23.5 Å². The number of sulfonamides is 1. The summed E-state index contributed by atoms with van der Waals surface area (Å²) in [5.74, 6) is -0.0313. The lowest BCUT2D eigenvalue weighted by atomic mass is 10.2. The van der Waals surface area contributed by atoms with Gasteiger partial charge in [0.1, 0.15) is 11.6 Å². The fourth-order valence-corrected chi connectivity index (χ4v) is 4.78. The first-order chi connectivity index (χ1) is 13.4. The maximum atomic E-state index is 13.4. The van der Waals surface area contributed by atoms with Gasteiger partial charge in [-0.25, -0.2) is 17.8 Å². The van der Waals surface area contributed by atoms with Gasteiger partial charge < -0.3 is 4.98 Å². The highest BCUT2D eigenvalue weighted by atomic mass is 32.2. The van der Waals surface area contributed by atoms with Gasteiger partial charge in [-0.3, -0.25) is 9.69 Å². The van der Waals surface area contributed by atoms with Crippen molar-refractivity contribution >= 4 is 20.9 Å². The summed E-state index contributed by atoms with van der Waals surface area (Å²) in [6, 6.07) is 12.2. The Bertz CT molecular complexity index is 1170. The summed E-state index contributed by atoms with van der Waals surface area (Å²) in [4.78, 5) is 21.4. The van der Waals surface area contributed by atoms with E-state index >= 15 is 0 Å². The number of H-pyrrole nitrogens is 1. The number of piperazine rings is 1. The third-order valence-electron chi connectivity index (χ3n) is 4.80. The van der Waals surface area contributed by atoms with Crippen LogP contribution in [0.1, 0.15) is 5.82 Å². The van der Waals surface area contributed by atoms with Crippen LogP contribution in [0.25, 0.3) is 10.9 Å². The van der Waals surface area contributed by atoms with Gasteiger partial charge in [0.25, 0.3) is 5.56 Å². The third-order valence-corrected chi connectivity index (χ3v) is 6.70. The van der Waals surface area contributed by atoms with Crippen LogP contribution in [0.15, 0.2) is 58.2 Å². The Kier molecular flexibility index (Phi) is 4.96. The van der Waals surface area contributed by atoms with Gasteiger partial charge in [-0.1, -0.05) is 18.2 Å². The molecule has 0 bridgehead atoms. The maximum absolute atomic E-state index is 13.4. The number of benzene rings is 2. The second-order valence-electron chi connectivity index (χ2n) is 6.67. The average molecular weight is 402 g/mol. The van der Waals surface area contributed by atoms with Crippen molar-refractivity contribution in [1.29, 1.82) is 0 Å². The smallest absolute Gasteiger partial charge is 0.258 e. The molecule has 0 aliphatic carbocycles. The van der Waals surface area contributed by atoms with E-state index in [1.165, 1.54) is 22.5 Å². The van der Waals surface area contributed by atoms with E-state index in [9.17, 15) is 17.6 Å². The van der Waals surface area contributed by atoms with Gasteiger partial charge in [-0.05, 0) is 30.3 Å². The molecule has 2 aromatic carbocycles. The molecule has 1 aromatic heterocycles. The molecule has 9 heteroatoms. The topological polar surface area (TPSA) is 86.4 Å². The minimum atomic E-state index is -3.72. The van der Waals surface area contributed by atoms with Crippen molar-refractivity contribution in [2.75, 3.05) is 26.2 Å². The molecule has 3 aromatic rings. The Morgan fingerprint density at radius 3 is 2.54 bits per heavy atom. The molecule has 1 saturated heterocycles.